The minimum absolute atomic E-state index is 0.196. The number of nitrogens with zero attached hydrogens (tertiary/aromatic N) is 5. The molecule has 0 unspecified atom stereocenters. The number of benzene rings is 3. The first kappa shape index (κ1) is 21.1. The number of rotatable bonds is 4. The largest absolute Gasteiger partial charge is 0.277 e. The number of amides is 1. The lowest BCUT2D eigenvalue weighted by molar-refractivity contribution is 0.0974. The Hall–Kier alpha value is -4.49. The quantitative estimate of drug-likeness (QED) is 0.333. The summed E-state index contributed by atoms with van der Waals surface area (Å²) in [6.07, 6.45) is 3.25. The SMILES string of the molecule is O=C(c1ccncc1)N1C(c2ccccc2)=C(c2ccccc2)Sc2nnc(-c3ccccc3)n21. The van der Waals surface area contributed by atoms with Crippen LogP contribution in [0.1, 0.15) is 21.5 Å². The second-order valence-electron chi connectivity index (χ2n) is 7.85. The molecule has 0 bridgehead atoms. The second kappa shape index (κ2) is 9.04. The van der Waals surface area contributed by atoms with Gasteiger partial charge in [0.05, 0.1) is 5.70 Å². The van der Waals surface area contributed by atoms with Gasteiger partial charge in [0.25, 0.3) is 5.91 Å². The second-order valence-corrected chi connectivity index (χ2v) is 8.83. The lowest BCUT2D eigenvalue weighted by Gasteiger charge is -2.33. The molecule has 0 saturated heterocycles. The van der Waals surface area contributed by atoms with Gasteiger partial charge in [-0.25, -0.2) is 5.01 Å². The molecule has 0 radical (unpaired) electrons. The van der Waals surface area contributed by atoms with Gasteiger partial charge < -0.3 is 0 Å². The van der Waals surface area contributed by atoms with Crippen LogP contribution in [0.25, 0.3) is 22.0 Å². The van der Waals surface area contributed by atoms with E-state index in [1.165, 1.54) is 11.8 Å². The van der Waals surface area contributed by atoms with E-state index in [9.17, 15) is 4.79 Å². The number of carbonyl (C=O) groups excluding carboxylic acids is 1. The van der Waals surface area contributed by atoms with E-state index in [0.29, 0.717) is 16.5 Å². The first-order chi connectivity index (χ1) is 17.3. The molecule has 35 heavy (non-hydrogen) atoms. The van der Waals surface area contributed by atoms with E-state index in [0.717, 1.165) is 27.3 Å². The Morgan fingerprint density at radius 2 is 1.23 bits per heavy atom. The fraction of sp³-hybridized carbons (Fsp3) is 0. The molecule has 0 spiro atoms. The van der Waals surface area contributed by atoms with Crippen molar-refractivity contribution in [3.05, 3.63) is 132 Å². The van der Waals surface area contributed by atoms with Crippen molar-refractivity contribution in [3.63, 3.8) is 0 Å². The third-order valence-corrected chi connectivity index (χ3v) is 6.74. The Kier molecular flexibility index (Phi) is 5.44. The van der Waals surface area contributed by atoms with Gasteiger partial charge in [0, 0.05) is 34.0 Å². The lowest BCUT2D eigenvalue weighted by Crippen LogP contribution is -2.42. The van der Waals surface area contributed by atoms with Gasteiger partial charge in [-0.2, -0.15) is 4.68 Å². The zero-order chi connectivity index (χ0) is 23.6. The molecular weight excluding hydrogens is 454 g/mol. The number of thioether (sulfide) groups is 1. The van der Waals surface area contributed by atoms with Crippen LogP contribution in [-0.2, 0) is 0 Å². The number of carbonyl (C=O) groups is 1. The maximum absolute atomic E-state index is 14.2. The van der Waals surface area contributed by atoms with Crippen molar-refractivity contribution in [1.29, 1.82) is 0 Å². The lowest BCUT2D eigenvalue weighted by atomic mass is 10.1. The van der Waals surface area contributed by atoms with Gasteiger partial charge in [-0.1, -0.05) is 91.0 Å². The van der Waals surface area contributed by atoms with Gasteiger partial charge >= 0.3 is 0 Å². The first-order valence-corrected chi connectivity index (χ1v) is 11.9. The van der Waals surface area contributed by atoms with Crippen LogP contribution in [0, 0.1) is 0 Å². The van der Waals surface area contributed by atoms with Crippen LogP contribution in [0.5, 0.6) is 0 Å². The van der Waals surface area contributed by atoms with Crippen molar-refractivity contribution >= 4 is 28.3 Å². The van der Waals surface area contributed by atoms with Crippen molar-refractivity contribution in [2.45, 2.75) is 5.16 Å². The van der Waals surface area contributed by atoms with Gasteiger partial charge in [-0.3, -0.25) is 9.78 Å². The van der Waals surface area contributed by atoms with Crippen LogP contribution < -0.4 is 5.01 Å². The Labute approximate surface area is 206 Å². The summed E-state index contributed by atoms with van der Waals surface area (Å²) in [6.45, 7) is 0. The maximum Gasteiger partial charge on any atom is 0.277 e. The molecule has 3 aromatic carbocycles. The van der Waals surface area contributed by atoms with Crippen molar-refractivity contribution in [1.82, 2.24) is 19.9 Å². The predicted octanol–water partition coefficient (Wildman–Crippen LogP) is 5.75. The average molecular weight is 474 g/mol. The van der Waals surface area contributed by atoms with E-state index >= 15 is 0 Å². The summed E-state index contributed by atoms with van der Waals surface area (Å²) < 4.78 is 1.82. The van der Waals surface area contributed by atoms with Gasteiger partial charge in [0.2, 0.25) is 5.16 Å². The number of hydrogen-bond donors (Lipinski definition) is 0. The molecule has 6 rings (SSSR count). The minimum atomic E-state index is -0.196. The molecule has 1 aliphatic heterocycles. The Bertz CT molecular complexity index is 1520. The van der Waals surface area contributed by atoms with Crippen LogP contribution in [0.15, 0.2) is 121 Å². The molecule has 0 saturated carbocycles. The van der Waals surface area contributed by atoms with Crippen LogP contribution >= 0.6 is 11.8 Å². The van der Waals surface area contributed by atoms with E-state index in [1.54, 1.807) is 29.5 Å². The summed E-state index contributed by atoms with van der Waals surface area (Å²) in [6, 6.07) is 33.3. The molecule has 2 aromatic heterocycles. The summed E-state index contributed by atoms with van der Waals surface area (Å²) in [7, 11) is 0. The van der Waals surface area contributed by atoms with E-state index in [-0.39, 0.29) is 5.91 Å². The maximum atomic E-state index is 14.2. The molecule has 3 heterocycles. The molecule has 0 atom stereocenters. The number of pyridine rings is 1. The van der Waals surface area contributed by atoms with Crippen LogP contribution in [0.3, 0.4) is 0 Å². The number of fused-ring (bicyclic) bond motifs is 1. The van der Waals surface area contributed by atoms with E-state index in [1.807, 2.05) is 95.7 Å². The number of aromatic nitrogens is 4. The monoisotopic (exact) mass is 473 g/mol. The molecule has 1 aliphatic rings. The first-order valence-electron chi connectivity index (χ1n) is 11.1. The molecule has 7 heteroatoms. The molecule has 6 nitrogen and oxygen atoms in total. The molecular formula is C28H19N5OS. The minimum Gasteiger partial charge on any atom is -0.267 e. The Morgan fingerprint density at radius 3 is 1.86 bits per heavy atom. The molecule has 0 N–H and O–H groups in total. The fourth-order valence-corrected chi connectivity index (χ4v) is 5.13. The summed E-state index contributed by atoms with van der Waals surface area (Å²) >= 11 is 1.51. The van der Waals surface area contributed by atoms with Gasteiger partial charge in [-0.15, -0.1) is 10.2 Å². The molecule has 5 aromatic rings. The third-order valence-electron chi connectivity index (χ3n) is 5.67. The highest BCUT2D eigenvalue weighted by atomic mass is 32.2. The highest BCUT2D eigenvalue weighted by Gasteiger charge is 2.36. The Morgan fingerprint density at radius 1 is 0.657 bits per heavy atom. The zero-order valence-electron chi connectivity index (χ0n) is 18.5. The zero-order valence-corrected chi connectivity index (χ0v) is 19.3. The summed E-state index contributed by atoms with van der Waals surface area (Å²) in [5.41, 5.74) is 4.08. The van der Waals surface area contributed by atoms with E-state index in [4.69, 9.17) is 0 Å². The van der Waals surface area contributed by atoms with E-state index in [2.05, 4.69) is 15.2 Å². The van der Waals surface area contributed by atoms with Crippen molar-refractivity contribution in [3.8, 4) is 11.4 Å². The Balaban J connectivity index is 1.65. The molecule has 168 valence electrons. The standard InChI is InChI=1S/C28H19N5OS/c34-27(23-16-18-29-19-17-23)32-24(20-10-4-1-5-11-20)25(21-12-6-2-7-13-21)35-28-31-30-26(33(28)32)22-14-8-3-9-15-22/h1-19H. The van der Waals surface area contributed by atoms with Gasteiger partial charge in [0.15, 0.2) is 5.82 Å². The average Bonchev–Trinajstić information content (AvgIpc) is 3.37. The van der Waals surface area contributed by atoms with E-state index < -0.39 is 0 Å². The number of hydrogen-bond acceptors (Lipinski definition) is 5. The summed E-state index contributed by atoms with van der Waals surface area (Å²) in [4.78, 5) is 19.2. The van der Waals surface area contributed by atoms with Crippen LogP contribution in [-0.4, -0.2) is 25.8 Å². The van der Waals surface area contributed by atoms with Crippen LogP contribution in [0.2, 0.25) is 0 Å². The summed E-state index contributed by atoms with van der Waals surface area (Å²) in [5, 5.41) is 11.3. The smallest absolute Gasteiger partial charge is 0.267 e. The summed E-state index contributed by atoms with van der Waals surface area (Å²) in [5.74, 6) is 0.397. The predicted molar refractivity (Wildman–Crippen MR) is 138 cm³/mol. The van der Waals surface area contributed by atoms with Gasteiger partial charge in [-0.05, 0) is 29.5 Å². The highest BCUT2D eigenvalue weighted by molar-refractivity contribution is 8.08. The van der Waals surface area contributed by atoms with Crippen molar-refractivity contribution in [2.75, 3.05) is 5.01 Å². The molecule has 0 aliphatic carbocycles. The topological polar surface area (TPSA) is 63.9 Å². The molecule has 0 fully saturated rings. The van der Waals surface area contributed by atoms with Crippen molar-refractivity contribution in [2.24, 2.45) is 0 Å². The fourth-order valence-electron chi connectivity index (χ4n) is 4.06. The highest BCUT2D eigenvalue weighted by Crippen LogP contribution is 2.46. The third kappa shape index (κ3) is 3.82. The van der Waals surface area contributed by atoms with Crippen LogP contribution in [0.4, 0.5) is 0 Å². The molecule has 1 amide bonds. The normalized spacial score (nSPS) is 13.0. The van der Waals surface area contributed by atoms with Crippen molar-refractivity contribution < 1.29 is 4.79 Å². The van der Waals surface area contributed by atoms with Gasteiger partial charge in [0.1, 0.15) is 0 Å².